The van der Waals surface area contributed by atoms with E-state index in [2.05, 4.69) is 11.5 Å². The van der Waals surface area contributed by atoms with Crippen LogP contribution in [0.3, 0.4) is 0 Å². The third-order valence-corrected chi connectivity index (χ3v) is 4.71. The Kier molecular flexibility index (Phi) is 7.19. The Morgan fingerprint density at radius 2 is 1.73 bits per heavy atom. The Bertz CT molecular complexity index is 331. The molecule has 0 unspecified atom stereocenters. The third kappa shape index (κ3) is 5.56. The van der Waals surface area contributed by atoms with Gasteiger partial charge >= 0.3 is 0 Å². The molecule has 1 spiro atoms. The van der Waals surface area contributed by atoms with Gasteiger partial charge in [-0.2, -0.15) is 0 Å². The molecule has 1 heterocycles. The van der Waals surface area contributed by atoms with E-state index in [4.69, 9.17) is 14.2 Å². The average molecular weight is 311 g/mol. The molecule has 4 heteroatoms. The minimum atomic E-state index is 0.436. The normalized spacial score (nSPS) is 20.6. The lowest BCUT2D eigenvalue weighted by Crippen LogP contribution is -2.63. The molecule has 1 aliphatic heterocycles. The molecule has 22 heavy (non-hydrogen) atoms. The highest BCUT2D eigenvalue weighted by Crippen LogP contribution is 2.49. The molecule has 1 saturated carbocycles. The molecule has 1 saturated heterocycles. The van der Waals surface area contributed by atoms with Crippen molar-refractivity contribution in [1.82, 2.24) is 4.90 Å². The zero-order chi connectivity index (χ0) is 15.8. The fourth-order valence-electron chi connectivity index (χ4n) is 3.68. The second-order valence-electron chi connectivity index (χ2n) is 7.08. The second-order valence-corrected chi connectivity index (χ2v) is 7.08. The first kappa shape index (κ1) is 17.8. The number of unbranched alkanes of at least 4 members (excludes halogenated alkanes) is 2. The van der Waals surface area contributed by atoms with Gasteiger partial charge in [-0.05, 0) is 52.0 Å². The standard InChI is InChI=1S/C18H33NO3/c1-16(2)22-17-12-18(13-17)14-19(15-18)8-4-5-10-21-11-7-6-9-20-3/h17H,1,4-15H2,2-3H3. The van der Waals surface area contributed by atoms with E-state index < -0.39 is 0 Å². The molecule has 2 fully saturated rings. The zero-order valence-corrected chi connectivity index (χ0v) is 14.4. The number of methoxy groups -OCH3 is 1. The van der Waals surface area contributed by atoms with E-state index in [0.717, 1.165) is 38.4 Å². The molecule has 0 radical (unpaired) electrons. The van der Waals surface area contributed by atoms with Crippen LogP contribution in [0.1, 0.15) is 45.4 Å². The predicted molar refractivity (Wildman–Crippen MR) is 89.0 cm³/mol. The largest absolute Gasteiger partial charge is 0.496 e. The van der Waals surface area contributed by atoms with E-state index in [1.54, 1.807) is 7.11 Å². The second kappa shape index (κ2) is 8.90. The first-order valence-corrected chi connectivity index (χ1v) is 8.75. The summed E-state index contributed by atoms with van der Waals surface area (Å²) < 4.78 is 16.3. The molecule has 4 nitrogen and oxygen atoms in total. The van der Waals surface area contributed by atoms with E-state index in [9.17, 15) is 0 Å². The molecule has 0 aromatic rings. The van der Waals surface area contributed by atoms with Crippen molar-refractivity contribution >= 4 is 0 Å². The molecule has 0 atom stereocenters. The summed E-state index contributed by atoms with van der Waals surface area (Å²) >= 11 is 0. The number of likely N-dealkylation sites (tertiary alicyclic amines) is 1. The maximum absolute atomic E-state index is 5.68. The smallest absolute Gasteiger partial charge is 0.0994 e. The fourth-order valence-corrected chi connectivity index (χ4v) is 3.68. The molecule has 2 aliphatic rings. The fraction of sp³-hybridized carbons (Fsp3) is 0.889. The van der Waals surface area contributed by atoms with Gasteiger partial charge in [0.25, 0.3) is 0 Å². The number of rotatable bonds is 12. The van der Waals surface area contributed by atoms with Crippen LogP contribution < -0.4 is 0 Å². The van der Waals surface area contributed by atoms with Crippen LogP contribution in [0.5, 0.6) is 0 Å². The molecule has 0 aromatic carbocycles. The molecule has 0 amide bonds. The van der Waals surface area contributed by atoms with Crippen molar-refractivity contribution in [3.63, 3.8) is 0 Å². The summed E-state index contributed by atoms with van der Waals surface area (Å²) in [7, 11) is 1.75. The Balaban J connectivity index is 1.37. The quantitative estimate of drug-likeness (QED) is 0.409. The van der Waals surface area contributed by atoms with Crippen LogP contribution in [0.2, 0.25) is 0 Å². The van der Waals surface area contributed by atoms with Gasteiger partial charge in [0.2, 0.25) is 0 Å². The average Bonchev–Trinajstić information content (AvgIpc) is 2.39. The van der Waals surface area contributed by atoms with Crippen LogP contribution in [0.15, 0.2) is 12.3 Å². The number of hydrogen-bond donors (Lipinski definition) is 0. The van der Waals surface area contributed by atoms with Crippen molar-refractivity contribution in [3.05, 3.63) is 12.3 Å². The van der Waals surface area contributed by atoms with Crippen molar-refractivity contribution in [2.45, 2.75) is 51.6 Å². The van der Waals surface area contributed by atoms with Gasteiger partial charge in [-0.15, -0.1) is 0 Å². The SMILES string of the molecule is C=C(C)OC1CC2(C1)CN(CCCCOCCCCOC)C2. The molecule has 0 aromatic heterocycles. The van der Waals surface area contributed by atoms with Crippen LogP contribution in [-0.2, 0) is 14.2 Å². The molecular weight excluding hydrogens is 278 g/mol. The molecule has 0 N–H and O–H groups in total. The Labute approximate surface area is 135 Å². The third-order valence-electron chi connectivity index (χ3n) is 4.71. The summed E-state index contributed by atoms with van der Waals surface area (Å²) in [6.45, 7) is 12.1. The lowest BCUT2D eigenvalue weighted by Gasteiger charge is -2.58. The van der Waals surface area contributed by atoms with Crippen molar-refractivity contribution in [3.8, 4) is 0 Å². The maximum Gasteiger partial charge on any atom is 0.0994 e. The summed E-state index contributed by atoms with van der Waals surface area (Å²) in [4.78, 5) is 2.58. The van der Waals surface area contributed by atoms with Gasteiger partial charge in [0.15, 0.2) is 0 Å². The number of nitrogens with zero attached hydrogens (tertiary/aromatic N) is 1. The highest BCUT2D eigenvalue weighted by Gasteiger charge is 2.52. The summed E-state index contributed by atoms with van der Waals surface area (Å²) in [5.74, 6) is 0.859. The van der Waals surface area contributed by atoms with E-state index in [-0.39, 0.29) is 0 Å². The minimum Gasteiger partial charge on any atom is -0.496 e. The number of ether oxygens (including phenoxy) is 3. The number of allylic oxidation sites excluding steroid dienone is 1. The van der Waals surface area contributed by atoms with E-state index in [1.807, 2.05) is 6.92 Å². The minimum absolute atomic E-state index is 0.436. The molecule has 0 bridgehead atoms. The number of hydrogen-bond acceptors (Lipinski definition) is 4. The maximum atomic E-state index is 5.68. The topological polar surface area (TPSA) is 30.9 Å². The summed E-state index contributed by atoms with van der Waals surface area (Å²) in [6.07, 6.45) is 7.51. The van der Waals surface area contributed by atoms with Crippen molar-refractivity contribution in [1.29, 1.82) is 0 Å². The highest BCUT2D eigenvalue weighted by atomic mass is 16.5. The van der Waals surface area contributed by atoms with Gasteiger partial charge in [0.05, 0.1) is 11.9 Å². The summed E-state index contributed by atoms with van der Waals surface area (Å²) in [5, 5.41) is 0. The molecular formula is C18H33NO3. The Morgan fingerprint density at radius 1 is 1.09 bits per heavy atom. The van der Waals surface area contributed by atoms with Gasteiger partial charge in [-0.25, -0.2) is 0 Å². The van der Waals surface area contributed by atoms with Crippen LogP contribution in [0.25, 0.3) is 0 Å². The molecule has 128 valence electrons. The Hall–Kier alpha value is -0.580. The monoisotopic (exact) mass is 311 g/mol. The summed E-state index contributed by atoms with van der Waals surface area (Å²) in [6, 6.07) is 0. The van der Waals surface area contributed by atoms with E-state index in [1.165, 1.54) is 45.3 Å². The first-order valence-electron chi connectivity index (χ1n) is 8.75. The van der Waals surface area contributed by atoms with Crippen LogP contribution in [-0.4, -0.2) is 57.6 Å². The van der Waals surface area contributed by atoms with Crippen molar-refractivity contribution in [2.24, 2.45) is 5.41 Å². The molecule has 2 rings (SSSR count). The first-order chi connectivity index (χ1) is 10.6. The van der Waals surface area contributed by atoms with Gasteiger partial charge in [-0.3, -0.25) is 0 Å². The Morgan fingerprint density at radius 3 is 2.36 bits per heavy atom. The van der Waals surface area contributed by atoms with E-state index >= 15 is 0 Å². The van der Waals surface area contributed by atoms with Crippen LogP contribution >= 0.6 is 0 Å². The van der Waals surface area contributed by atoms with Crippen LogP contribution in [0.4, 0.5) is 0 Å². The molecule has 1 aliphatic carbocycles. The lowest BCUT2D eigenvalue weighted by molar-refractivity contribution is -0.136. The van der Waals surface area contributed by atoms with E-state index in [0.29, 0.717) is 11.5 Å². The van der Waals surface area contributed by atoms with Gasteiger partial charge in [0, 0.05) is 45.4 Å². The van der Waals surface area contributed by atoms with Crippen LogP contribution in [0, 0.1) is 5.41 Å². The predicted octanol–water partition coefficient (Wildman–Crippen LogP) is 3.22. The van der Waals surface area contributed by atoms with Crippen molar-refractivity contribution in [2.75, 3.05) is 46.6 Å². The highest BCUT2D eigenvalue weighted by molar-refractivity contribution is 5.05. The van der Waals surface area contributed by atoms with Crippen molar-refractivity contribution < 1.29 is 14.2 Å². The zero-order valence-electron chi connectivity index (χ0n) is 14.4. The lowest BCUT2D eigenvalue weighted by atomic mass is 9.61. The van der Waals surface area contributed by atoms with Gasteiger partial charge in [0.1, 0.15) is 0 Å². The summed E-state index contributed by atoms with van der Waals surface area (Å²) in [5.41, 5.74) is 0.581. The van der Waals surface area contributed by atoms with Gasteiger partial charge in [-0.1, -0.05) is 6.58 Å². The van der Waals surface area contributed by atoms with Gasteiger partial charge < -0.3 is 19.1 Å².